The fraction of sp³-hybridized carbons (Fsp3) is 0.265. The van der Waals surface area contributed by atoms with E-state index in [0.29, 0.717) is 24.1 Å². The van der Waals surface area contributed by atoms with Crippen LogP contribution in [0.25, 0.3) is 0 Å². The summed E-state index contributed by atoms with van der Waals surface area (Å²) < 4.78 is 123. The first kappa shape index (κ1) is 36.4. The van der Waals surface area contributed by atoms with Gasteiger partial charge < -0.3 is 14.6 Å². The van der Waals surface area contributed by atoms with Crippen molar-refractivity contribution in [3.63, 3.8) is 0 Å². The van der Waals surface area contributed by atoms with Crippen LogP contribution in [0.3, 0.4) is 0 Å². The molecule has 0 aliphatic rings. The Labute approximate surface area is 272 Å². The molecule has 0 amide bonds. The molecular weight excluding hydrogens is 666 g/mol. The van der Waals surface area contributed by atoms with Crippen LogP contribution in [0.5, 0.6) is 17.2 Å². The zero-order valence-electron chi connectivity index (χ0n) is 25.6. The third kappa shape index (κ3) is 8.17. The number of hydrogen-bond acceptors (Lipinski definition) is 7. The van der Waals surface area contributed by atoms with Gasteiger partial charge in [0.15, 0.2) is 5.78 Å². The number of carbonyl (C=O) groups is 1. The van der Waals surface area contributed by atoms with Crippen LogP contribution in [0.2, 0.25) is 0 Å². The van der Waals surface area contributed by atoms with Gasteiger partial charge in [-0.05, 0) is 60.9 Å². The van der Waals surface area contributed by atoms with Crippen molar-refractivity contribution in [1.29, 1.82) is 0 Å². The van der Waals surface area contributed by atoms with Crippen LogP contribution >= 0.6 is 0 Å². The predicted molar refractivity (Wildman–Crippen MR) is 162 cm³/mol. The third-order valence-electron chi connectivity index (χ3n) is 7.19. The van der Waals surface area contributed by atoms with E-state index in [4.69, 9.17) is 13.7 Å². The highest BCUT2D eigenvalue weighted by molar-refractivity contribution is 7.86. The highest BCUT2D eigenvalue weighted by Gasteiger charge is 2.71. The molecule has 256 valence electrons. The van der Waals surface area contributed by atoms with Crippen molar-refractivity contribution in [3.05, 3.63) is 119 Å². The average molecular weight is 697 g/mol. The van der Waals surface area contributed by atoms with Crippen LogP contribution in [0.15, 0.2) is 95.9 Å². The number of hydrogen-bond donors (Lipinski definition) is 1. The van der Waals surface area contributed by atoms with Crippen LogP contribution in [0.4, 0.5) is 26.3 Å². The summed E-state index contributed by atoms with van der Waals surface area (Å²) in [6, 6.07) is 20.4. The second kappa shape index (κ2) is 14.4. The van der Waals surface area contributed by atoms with E-state index in [0.717, 1.165) is 11.6 Å². The molecule has 0 aliphatic carbocycles. The summed E-state index contributed by atoms with van der Waals surface area (Å²) >= 11 is 0. The maximum absolute atomic E-state index is 13.5. The Kier molecular flexibility index (Phi) is 10.9. The van der Waals surface area contributed by atoms with E-state index in [1.165, 1.54) is 30.3 Å². The standard InChI is InChI=1S/C34H30F6O7S/c1-3-7-24-18-25(32(42,33(35,36)37)34(38,39)40)12-17-30(24)47-26-13-16-28(31(19-26)45-20-23-8-5-4-6-9-23)29(41)21-46-48(43,44)27-14-10-22(2)11-15-27/h4-6,8-19,42H,3,7,20-21H2,1-2H3. The van der Waals surface area contributed by atoms with Gasteiger partial charge in [-0.2, -0.15) is 34.8 Å². The Bertz CT molecular complexity index is 1820. The Morgan fingerprint density at radius 1 is 0.812 bits per heavy atom. The van der Waals surface area contributed by atoms with Crippen LogP contribution in [-0.4, -0.2) is 38.3 Å². The van der Waals surface area contributed by atoms with Crippen molar-refractivity contribution < 1.29 is 58.3 Å². The highest BCUT2D eigenvalue weighted by atomic mass is 32.2. The molecule has 0 spiro atoms. The quantitative estimate of drug-likeness (QED) is 0.0855. The summed E-state index contributed by atoms with van der Waals surface area (Å²) in [6.45, 7) is 2.51. The SMILES string of the molecule is CCCc1cc(C(O)(C(F)(F)F)C(F)(F)F)ccc1Oc1ccc(C(=O)COS(=O)(=O)c2ccc(C)cc2)c(OCc2ccccc2)c1. The van der Waals surface area contributed by atoms with Crippen molar-refractivity contribution in [1.82, 2.24) is 0 Å². The van der Waals surface area contributed by atoms with Gasteiger partial charge in [-0.1, -0.05) is 67.4 Å². The smallest absolute Gasteiger partial charge is 0.430 e. The summed E-state index contributed by atoms with van der Waals surface area (Å²) in [5.41, 5.74) is -5.15. The Morgan fingerprint density at radius 3 is 2.06 bits per heavy atom. The number of aliphatic hydroxyl groups is 1. The minimum Gasteiger partial charge on any atom is -0.488 e. The topological polar surface area (TPSA) is 99.1 Å². The van der Waals surface area contributed by atoms with E-state index in [-0.39, 0.29) is 46.3 Å². The highest BCUT2D eigenvalue weighted by Crippen LogP contribution is 2.50. The summed E-state index contributed by atoms with van der Waals surface area (Å²) in [5.74, 6) is -0.937. The molecule has 14 heteroatoms. The van der Waals surface area contributed by atoms with Crippen LogP contribution in [0, 0.1) is 6.92 Å². The number of Topliss-reactive ketones (excluding diaryl/α,β-unsaturated/α-hetero) is 1. The summed E-state index contributed by atoms with van der Waals surface area (Å²) in [4.78, 5) is 13.0. The molecule has 4 rings (SSSR count). The Hall–Kier alpha value is -4.40. The van der Waals surface area contributed by atoms with E-state index >= 15 is 0 Å². The van der Waals surface area contributed by atoms with Gasteiger partial charge in [-0.3, -0.25) is 8.98 Å². The molecule has 4 aromatic rings. The van der Waals surface area contributed by atoms with Crippen LogP contribution < -0.4 is 9.47 Å². The molecule has 7 nitrogen and oxygen atoms in total. The lowest BCUT2D eigenvalue weighted by Gasteiger charge is -2.33. The van der Waals surface area contributed by atoms with Crippen molar-refractivity contribution in [2.24, 2.45) is 0 Å². The van der Waals surface area contributed by atoms with Crippen molar-refractivity contribution in [2.45, 2.75) is 56.1 Å². The first-order chi connectivity index (χ1) is 22.5. The second-order valence-corrected chi connectivity index (χ2v) is 12.4. The van der Waals surface area contributed by atoms with Crippen molar-refractivity contribution in [2.75, 3.05) is 6.61 Å². The van der Waals surface area contributed by atoms with E-state index in [1.807, 2.05) is 0 Å². The number of rotatable bonds is 13. The minimum absolute atomic E-state index is 0.00427. The minimum atomic E-state index is -6.06. The van der Waals surface area contributed by atoms with E-state index in [2.05, 4.69) is 0 Å². The van der Waals surface area contributed by atoms with Crippen molar-refractivity contribution >= 4 is 15.9 Å². The number of ketones is 1. The van der Waals surface area contributed by atoms with E-state index in [9.17, 15) is 44.7 Å². The molecular formula is C34H30F6O7S. The largest absolute Gasteiger partial charge is 0.488 e. The molecule has 0 radical (unpaired) electrons. The van der Waals surface area contributed by atoms with Gasteiger partial charge >= 0.3 is 12.4 Å². The number of aryl methyl sites for hydroxylation is 2. The average Bonchev–Trinajstić information content (AvgIpc) is 3.03. The lowest BCUT2D eigenvalue weighted by atomic mass is 9.90. The fourth-order valence-electron chi connectivity index (χ4n) is 4.62. The number of carbonyl (C=O) groups excluding carboxylic acids is 1. The molecule has 48 heavy (non-hydrogen) atoms. The molecule has 0 heterocycles. The molecule has 0 saturated carbocycles. The molecule has 1 N–H and O–H groups in total. The van der Waals surface area contributed by atoms with Gasteiger partial charge in [0.1, 0.15) is 30.5 Å². The first-order valence-electron chi connectivity index (χ1n) is 14.4. The molecule has 0 aromatic heterocycles. The molecule has 0 atom stereocenters. The summed E-state index contributed by atoms with van der Waals surface area (Å²) in [5, 5.41) is 9.88. The number of halogens is 6. The molecule has 0 bridgehead atoms. The normalized spacial score (nSPS) is 12.5. The first-order valence-corrected chi connectivity index (χ1v) is 15.8. The van der Waals surface area contributed by atoms with Gasteiger partial charge in [0.25, 0.3) is 15.7 Å². The van der Waals surface area contributed by atoms with Gasteiger partial charge in [0.2, 0.25) is 0 Å². The molecule has 4 aromatic carbocycles. The second-order valence-electron chi connectivity index (χ2n) is 10.8. The van der Waals surface area contributed by atoms with Gasteiger partial charge in [0.05, 0.1) is 10.5 Å². The number of benzene rings is 4. The Balaban J connectivity index is 1.66. The predicted octanol–water partition coefficient (Wildman–Crippen LogP) is 8.22. The third-order valence-corrected chi connectivity index (χ3v) is 8.47. The lowest BCUT2D eigenvalue weighted by molar-refractivity contribution is -0.376. The Morgan fingerprint density at radius 2 is 1.46 bits per heavy atom. The monoisotopic (exact) mass is 696 g/mol. The zero-order valence-corrected chi connectivity index (χ0v) is 26.4. The zero-order chi connectivity index (χ0) is 35.3. The maximum Gasteiger partial charge on any atom is 0.430 e. The molecule has 0 fully saturated rings. The molecule has 0 unspecified atom stereocenters. The van der Waals surface area contributed by atoms with Crippen LogP contribution in [-0.2, 0) is 32.9 Å². The number of ether oxygens (including phenoxy) is 2. The maximum atomic E-state index is 13.5. The van der Waals surface area contributed by atoms with Crippen LogP contribution in [0.1, 0.15) is 46.0 Å². The lowest BCUT2D eigenvalue weighted by Crippen LogP contribution is -2.53. The fourth-order valence-corrected chi connectivity index (χ4v) is 5.48. The summed E-state index contributed by atoms with van der Waals surface area (Å²) in [7, 11) is -4.28. The molecule has 0 aliphatic heterocycles. The van der Waals surface area contributed by atoms with E-state index in [1.54, 1.807) is 56.3 Å². The number of alkyl halides is 6. The molecule has 0 saturated heterocycles. The summed E-state index contributed by atoms with van der Waals surface area (Å²) in [6.07, 6.45) is -11.8. The van der Waals surface area contributed by atoms with Gasteiger partial charge in [-0.25, -0.2) is 0 Å². The van der Waals surface area contributed by atoms with Gasteiger partial charge in [-0.15, -0.1) is 0 Å². The van der Waals surface area contributed by atoms with Gasteiger partial charge in [0, 0.05) is 11.6 Å². The van der Waals surface area contributed by atoms with E-state index < -0.39 is 46.0 Å². The van der Waals surface area contributed by atoms with Crippen molar-refractivity contribution in [3.8, 4) is 17.2 Å².